The number of carbonyl (C=O) groups is 4. The third-order valence-electron chi connectivity index (χ3n) is 6.87. The number of nitrogens with two attached hydrogens (primary N) is 1. The van der Waals surface area contributed by atoms with E-state index in [1.807, 2.05) is 60.7 Å². The monoisotopic (exact) mass is 749 g/mol. The van der Waals surface area contributed by atoms with Gasteiger partial charge in [-0.2, -0.15) is 0 Å². The molecule has 3 heterocycles. The molecule has 2 atom stereocenters. The fourth-order valence-electron chi connectivity index (χ4n) is 4.70. The van der Waals surface area contributed by atoms with Crippen LogP contribution in [0.3, 0.4) is 0 Å². The average Bonchev–Trinajstić information content (AvgIpc) is 3.51. The van der Waals surface area contributed by atoms with Gasteiger partial charge in [-0.1, -0.05) is 113 Å². The predicted octanol–water partition coefficient (Wildman–Crippen LogP) is 4.53. The summed E-state index contributed by atoms with van der Waals surface area (Å²) in [4.78, 5) is 63.2. The number of alkyl halides is 3. The Kier molecular flexibility index (Phi) is 11.3. The zero-order valence-corrected chi connectivity index (χ0v) is 28.6. The van der Waals surface area contributed by atoms with Crippen molar-refractivity contribution in [2.45, 2.75) is 21.3 Å². The number of β-lactam (4-membered cyclic amide) rings is 1. The summed E-state index contributed by atoms with van der Waals surface area (Å²) in [6.07, 6.45) is 0.758. The number of nitrogens with one attached hydrogen (secondary N) is 1. The number of thioether (sulfide) groups is 1. The highest BCUT2D eigenvalue weighted by atomic mass is 35.6. The molecule has 1 unspecified atom stereocenters. The molecular formula is C31H26Cl3N5O7S2. The standard InChI is InChI=1S/C31H26Cl3N5O7S2/c1-2-17-14-47-28-23(37-26(41)22(20-15-48-30(35)36-20)38-45-13-21(40)44-16-31(32,33)34)27(42)39(28)24(17)29(43)46-25(18-9-5-3-6-10-18)19-11-7-4-8-12-19/h2-12,15,23,25,28H,1,13-14,16H2,(H2,35,36)(H,37,41)/t23?,28-/m1/s1. The van der Waals surface area contributed by atoms with Gasteiger partial charge in [0.1, 0.15) is 29.4 Å². The number of rotatable bonds is 12. The molecule has 48 heavy (non-hydrogen) atoms. The maximum atomic E-state index is 13.8. The number of carbonyl (C=O) groups excluding carboxylic acids is 4. The maximum Gasteiger partial charge on any atom is 0.356 e. The van der Waals surface area contributed by atoms with Gasteiger partial charge in [-0.15, -0.1) is 23.1 Å². The number of aromatic nitrogens is 1. The smallest absolute Gasteiger partial charge is 0.356 e. The molecule has 0 saturated carbocycles. The summed E-state index contributed by atoms with van der Waals surface area (Å²) in [7, 11) is 0. The van der Waals surface area contributed by atoms with E-state index in [1.54, 1.807) is 0 Å². The lowest BCUT2D eigenvalue weighted by atomic mass is 10.0. The minimum atomic E-state index is -1.83. The largest absolute Gasteiger partial charge is 0.459 e. The lowest BCUT2D eigenvalue weighted by Crippen LogP contribution is -2.71. The molecule has 3 N–H and O–H groups in total. The highest BCUT2D eigenvalue weighted by Gasteiger charge is 2.54. The summed E-state index contributed by atoms with van der Waals surface area (Å²) in [5.41, 5.74) is 7.46. The minimum absolute atomic E-state index is 0.0376. The second kappa shape index (κ2) is 15.4. The van der Waals surface area contributed by atoms with Crippen LogP contribution in [0.1, 0.15) is 22.9 Å². The first-order valence-corrected chi connectivity index (χ1v) is 17.1. The average molecular weight is 751 g/mol. The van der Waals surface area contributed by atoms with Crippen LogP contribution >= 0.6 is 57.9 Å². The number of nitrogen functional groups attached to an aromatic ring is 1. The Balaban J connectivity index is 1.32. The molecule has 17 heteroatoms. The van der Waals surface area contributed by atoms with Gasteiger partial charge in [-0.25, -0.2) is 14.6 Å². The Morgan fingerprint density at radius 1 is 1.12 bits per heavy atom. The van der Waals surface area contributed by atoms with Gasteiger partial charge < -0.3 is 25.4 Å². The van der Waals surface area contributed by atoms with Crippen LogP contribution < -0.4 is 11.1 Å². The van der Waals surface area contributed by atoms with Crippen LogP contribution in [0.25, 0.3) is 0 Å². The number of anilines is 1. The Labute approximate surface area is 297 Å². The fourth-order valence-corrected chi connectivity index (χ4v) is 6.75. The van der Waals surface area contributed by atoms with Gasteiger partial charge in [-0.05, 0) is 16.7 Å². The van der Waals surface area contributed by atoms with Crippen molar-refractivity contribution in [3.8, 4) is 0 Å². The molecule has 0 spiro atoms. The van der Waals surface area contributed by atoms with Crippen molar-refractivity contribution >= 4 is 92.5 Å². The van der Waals surface area contributed by atoms with Gasteiger partial charge in [-0.3, -0.25) is 14.5 Å². The van der Waals surface area contributed by atoms with E-state index in [0.29, 0.717) is 11.3 Å². The number of allylic oxidation sites excluding steroid dienone is 1. The quantitative estimate of drug-likeness (QED) is 0.0885. The lowest BCUT2D eigenvalue weighted by Gasteiger charge is -2.49. The Bertz CT molecular complexity index is 1730. The maximum absolute atomic E-state index is 13.8. The normalized spacial score (nSPS) is 17.7. The number of amides is 2. The highest BCUT2D eigenvalue weighted by Crippen LogP contribution is 2.42. The van der Waals surface area contributed by atoms with Gasteiger partial charge in [0.05, 0.1) is 0 Å². The molecule has 0 radical (unpaired) electrons. The van der Waals surface area contributed by atoms with Gasteiger partial charge in [0.15, 0.2) is 16.9 Å². The number of halogens is 3. The molecular weight excluding hydrogens is 725 g/mol. The molecule has 2 aromatic carbocycles. The first kappa shape index (κ1) is 35.2. The number of nitrogens with zero attached hydrogens (tertiary/aromatic N) is 3. The van der Waals surface area contributed by atoms with Gasteiger partial charge >= 0.3 is 11.9 Å². The predicted molar refractivity (Wildman–Crippen MR) is 183 cm³/mol. The summed E-state index contributed by atoms with van der Waals surface area (Å²) in [5.74, 6) is -2.72. The van der Waals surface area contributed by atoms with Crippen molar-refractivity contribution in [1.82, 2.24) is 15.2 Å². The van der Waals surface area contributed by atoms with Crippen LogP contribution in [0, 0.1) is 0 Å². The Morgan fingerprint density at radius 2 is 1.77 bits per heavy atom. The number of esters is 2. The fraction of sp³-hybridized carbons (Fsp3) is 0.226. The van der Waals surface area contributed by atoms with Crippen molar-refractivity contribution in [1.29, 1.82) is 0 Å². The molecule has 1 aromatic heterocycles. The van der Waals surface area contributed by atoms with Crippen molar-refractivity contribution < 1.29 is 33.5 Å². The van der Waals surface area contributed by atoms with E-state index in [0.717, 1.165) is 22.5 Å². The molecule has 0 bridgehead atoms. The molecule has 1 fully saturated rings. The molecule has 1 saturated heterocycles. The van der Waals surface area contributed by atoms with Crippen LogP contribution in [0.4, 0.5) is 5.13 Å². The summed E-state index contributed by atoms with van der Waals surface area (Å²) in [5, 5.41) is 7.32. The molecule has 250 valence electrons. The number of oxime groups is 1. The number of hydrogen-bond acceptors (Lipinski definition) is 12. The topological polar surface area (TPSA) is 163 Å². The first-order valence-electron chi connectivity index (χ1n) is 14.0. The first-order chi connectivity index (χ1) is 23.0. The second-order valence-electron chi connectivity index (χ2n) is 10.1. The number of thiazole rings is 1. The second-order valence-corrected chi connectivity index (χ2v) is 14.6. The molecule has 2 aliphatic heterocycles. The van der Waals surface area contributed by atoms with E-state index in [1.165, 1.54) is 28.1 Å². The number of fused-ring (bicyclic) bond motifs is 1. The zero-order valence-electron chi connectivity index (χ0n) is 24.7. The van der Waals surface area contributed by atoms with Gasteiger partial charge in [0.2, 0.25) is 10.4 Å². The third kappa shape index (κ3) is 8.31. The van der Waals surface area contributed by atoms with E-state index in [-0.39, 0.29) is 22.2 Å². The van der Waals surface area contributed by atoms with E-state index in [4.69, 9.17) is 54.8 Å². The van der Waals surface area contributed by atoms with Gasteiger partial charge in [0.25, 0.3) is 11.8 Å². The molecule has 2 amide bonds. The van der Waals surface area contributed by atoms with Crippen LogP contribution in [-0.4, -0.2) is 73.5 Å². The Morgan fingerprint density at radius 3 is 2.33 bits per heavy atom. The molecule has 0 aliphatic carbocycles. The summed E-state index contributed by atoms with van der Waals surface area (Å²) in [6, 6.07) is 17.4. The van der Waals surface area contributed by atoms with Crippen molar-refractivity contribution in [2.75, 3.05) is 24.7 Å². The number of benzene rings is 2. The highest BCUT2D eigenvalue weighted by molar-refractivity contribution is 8.00. The lowest BCUT2D eigenvalue weighted by molar-refractivity contribution is -0.154. The molecule has 2 aliphatic rings. The number of ether oxygens (including phenoxy) is 2. The van der Waals surface area contributed by atoms with E-state index in [9.17, 15) is 19.2 Å². The van der Waals surface area contributed by atoms with Crippen LogP contribution in [0.15, 0.2) is 95.1 Å². The summed E-state index contributed by atoms with van der Waals surface area (Å²) in [6.45, 7) is 2.57. The summed E-state index contributed by atoms with van der Waals surface area (Å²) >= 11 is 19.1. The van der Waals surface area contributed by atoms with E-state index < -0.39 is 58.3 Å². The molecule has 5 rings (SSSR count). The SMILES string of the molecule is C=CC1=C(C(=O)OC(c2ccccc2)c2ccccc2)N2C(=O)C(NC(=O)C(=NOCC(=O)OCC(Cl)(Cl)Cl)c3csc(N)n3)[C@H]2SC1. The zero-order chi connectivity index (χ0) is 34.4. The van der Waals surface area contributed by atoms with Crippen molar-refractivity contribution in [3.05, 3.63) is 107 Å². The van der Waals surface area contributed by atoms with Crippen molar-refractivity contribution in [2.24, 2.45) is 5.16 Å². The van der Waals surface area contributed by atoms with E-state index in [2.05, 4.69) is 22.0 Å². The number of hydrogen-bond donors (Lipinski definition) is 2. The Hall–Kier alpha value is -4.08. The van der Waals surface area contributed by atoms with Crippen molar-refractivity contribution in [3.63, 3.8) is 0 Å². The van der Waals surface area contributed by atoms with E-state index >= 15 is 0 Å². The molecule has 3 aromatic rings. The van der Waals surface area contributed by atoms with Crippen LogP contribution in [0.5, 0.6) is 0 Å². The third-order valence-corrected chi connectivity index (χ3v) is 9.17. The van der Waals surface area contributed by atoms with Crippen LogP contribution in [0.2, 0.25) is 0 Å². The minimum Gasteiger partial charge on any atom is -0.459 e. The summed E-state index contributed by atoms with van der Waals surface area (Å²) < 4.78 is 9.01. The van der Waals surface area contributed by atoms with Gasteiger partial charge in [0, 0.05) is 11.1 Å². The van der Waals surface area contributed by atoms with Crippen LogP contribution in [-0.2, 0) is 33.5 Å². The molecule has 12 nitrogen and oxygen atoms in total.